The number of nitrogens with one attached hydrogen (secondary N) is 2. The van der Waals surface area contributed by atoms with Gasteiger partial charge in [-0.1, -0.05) is 12.1 Å². The number of rotatable bonds is 6. The number of benzene rings is 1. The molecule has 0 spiro atoms. The molecule has 0 atom stereocenters. The second-order valence-corrected chi connectivity index (χ2v) is 6.95. The maximum atomic E-state index is 11.9. The van der Waals surface area contributed by atoms with Crippen molar-refractivity contribution < 1.29 is 13.2 Å². The summed E-state index contributed by atoms with van der Waals surface area (Å²) < 4.78 is 22.4. The van der Waals surface area contributed by atoms with Crippen LogP contribution in [0.2, 0.25) is 0 Å². The van der Waals surface area contributed by atoms with Crippen LogP contribution in [-0.2, 0) is 22.0 Å². The summed E-state index contributed by atoms with van der Waals surface area (Å²) in [5.74, 6) is 0.610. The van der Waals surface area contributed by atoms with Gasteiger partial charge >= 0.3 is 0 Å². The van der Waals surface area contributed by atoms with Crippen molar-refractivity contribution in [2.24, 2.45) is 0 Å². The lowest BCUT2D eigenvalue weighted by atomic mass is 10.1. The van der Waals surface area contributed by atoms with Gasteiger partial charge in [0.1, 0.15) is 5.82 Å². The van der Waals surface area contributed by atoms with E-state index in [2.05, 4.69) is 15.3 Å². The van der Waals surface area contributed by atoms with Crippen LogP contribution in [0, 0.1) is 0 Å². The lowest BCUT2D eigenvalue weighted by molar-refractivity contribution is 0.0954. The molecule has 2 rings (SSSR count). The fourth-order valence-corrected chi connectivity index (χ4v) is 2.68. The van der Waals surface area contributed by atoms with Crippen molar-refractivity contribution >= 4 is 15.7 Å². The number of amides is 1. The van der Waals surface area contributed by atoms with Crippen molar-refractivity contribution in [3.63, 3.8) is 0 Å². The molecule has 0 fully saturated rings. The summed E-state index contributed by atoms with van der Waals surface area (Å²) in [6.07, 6.45) is 5.21. The number of hydrogen-bond acceptors (Lipinski definition) is 4. The van der Waals surface area contributed by atoms with Gasteiger partial charge < -0.3 is 10.3 Å². The molecule has 0 aliphatic carbocycles. The van der Waals surface area contributed by atoms with Crippen LogP contribution in [-0.4, -0.2) is 37.1 Å². The molecule has 1 heterocycles. The van der Waals surface area contributed by atoms with Gasteiger partial charge in [-0.15, -0.1) is 0 Å². The first-order valence-electron chi connectivity index (χ1n) is 6.47. The Morgan fingerprint density at radius 3 is 2.57 bits per heavy atom. The maximum absolute atomic E-state index is 11.9. The molecule has 0 aliphatic rings. The number of H-pyrrole nitrogens is 1. The first-order chi connectivity index (χ1) is 9.94. The number of sulfone groups is 1. The van der Waals surface area contributed by atoms with Crippen LogP contribution in [0.5, 0.6) is 0 Å². The first kappa shape index (κ1) is 15.2. The molecule has 0 aliphatic heterocycles. The van der Waals surface area contributed by atoms with Crippen LogP contribution in [0.15, 0.2) is 36.7 Å². The fraction of sp³-hybridized carbons (Fsp3) is 0.286. The van der Waals surface area contributed by atoms with Crippen LogP contribution in [0.25, 0.3) is 0 Å². The smallest absolute Gasteiger partial charge is 0.251 e. The van der Waals surface area contributed by atoms with Gasteiger partial charge in [0, 0.05) is 37.2 Å². The number of hydrogen-bond donors (Lipinski definition) is 2. The van der Waals surface area contributed by atoms with Crippen molar-refractivity contribution in [2.45, 2.75) is 12.2 Å². The summed E-state index contributed by atoms with van der Waals surface area (Å²) in [7, 11) is -3.06. The van der Waals surface area contributed by atoms with Crippen molar-refractivity contribution in [2.75, 3.05) is 12.8 Å². The minimum Gasteiger partial charge on any atom is -0.352 e. The van der Waals surface area contributed by atoms with Gasteiger partial charge in [-0.2, -0.15) is 0 Å². The van der Waals surface area contributed by atoms with E-state index in [9.17, 15) is 13.2 Å². The highest BCUT2D eigenvalue weighted by Crippen LogP contribution is 2.07. The van der Waals surface area contributed by atoms with E-state index in [1.807, 2.05) is 0 Å². The zero-order chi connectivity index (χ0) is 15.3. The second-order valence-electron chi connectivity index (χ2n) is 4.81. The molecule has 1 amide bonds. The van der Waals surface area contributed by atoms with Crippen molar-refractivity contribution in [3.05, 3.63) is 53.6 Å². The molecule has 0 unspecified atom stereocenters. The van der Waals surface area contributed by atoms with Gasteiger partial charge in [-0.05, 0) is 17.7 Å². The molecule has 0 saturated heterocycles. The third kappa shape index (κ3) is 5.03. The molecule has 7 heteroatoms. The van der Waals surface area contributed by atoms with E-state index in [-0.39, 0.29) is 11.7 Å². The quantitative estimate of drug-likeness (QED) is 0.830. The van der Waals surface area contributed by atoms with E-state index in [1.54, 1.807) is 36.7 Å². The Morgan fingerprint density at radius 2 is 2.00 bits per heavy atom. The van der Waals surface area contributed by atoms with Gasteiger partial charge in [0.15, 0.2) is 9.84 Å². The number of nitrogens with zero attached hydrogens (tertiary/aromatic N) is 1. The molecule has 21 heavy (non-hydrogen) atoms. The third-order valence-corrected chi connectivity index (χ3v) is 3.70. The summed E-state index contributed by atoms with van der Waals surface area (Å²) in [5, 5.41) is 2.79. The minimum absolute atomic E-state index is 0.0204. The maximum Gasteiger partial charge on any atom is 0.251 e. The molecular formula is C14H17N3O3S. The number of aromatic amines is 1. The number of aromatic nitrogens is 2. The van der Waals surface area contributed by atoms with Gasteiger partial charge in [-0.25, -0.2) is 13.4 Å². The fourth-order valence-electron chi connectivity index (χ4n) is 1.89. The molecule has 1 aromatic heterocycles. The number of carbonyl (C=O) groups excluding carboxylic acids is 1. The highest BCUT2D eigenvalue weighted by Gasteiger charge is 2.08. The average molecular weight is 307 g/mol. The van der Waals surface area contributed by atoms with Gasteiger partial charge in [0.05, 0.1) is 5.75 Å². The van der Waals surface area contributed by atoms with Gasteiger partial charge in [-0.3, -0.25) is 4.79 Å². The molecule has 2 N–H and O–H groups in total. The van der Waals surface area contributed by atoms with E-state index in [0.717, 1.165) is 5.82 Å². The van der Waals surface area contributed by atoms with Crippen LogP contribution >= 0.6 is 0 Å². The highest BCUT2D eigenvalue weighted by molar-refractivity contribution is 7.89. The number of carbonyl (C=O) groups is 1. The highest BCUT2D eigenvalue weighted by atomic mass is 32.2. The summed E-state index contributed by atoms with van der Waals surface area (Å²) >= 11 is 0. The molecule has 2 aromatic rings. The Kier molecular flexibility index (Phi) is 4.74. The van der Waals surface area contributed by atoms with Crippen LogP contribution < -0.4 is 5.32 Å². The summed E-state index contributed by atoms with van der Waals surface area (Å²) in [4.78, 5) is 18.9. The Morgan fingerprint density at radius 1 is 1.29 bits per heavy atom. The molecule has 0 saturated carbocycles. The summed E-state index contributed by atoms with van der Waals surface area (Å²) in [6, 6.07) is 6.57. The largest absolute Gasteiger partial charge is 0.352 e. The SMILES string of the molecule is CS(=O)(=O)Cc1ccc(C(=O)NCCc2ncc[nH]2)cc1. The summed E-state index contributed by atoms with van der Waals surface area (Å²) in [5.41, 5.74) is 1.18. The molecular weight excluding hydrogens is 290 g/mol. The zero-order valence-corrected chi connectivity index (χ0v) is 12.5. The van der Waals surface area contributed by atoms with Crippen molar-refractivity contribution in [1.29, 1.82) is 0 Å². The van der Waals surface area contributed by atoms with Gasteiger partial charge in [0.2, 0.25) is 0 Å². The topological polar surface area (TPSA) is 91.9 Å². The second kappa shape index (κ2) is 6.53. The molecule has 6 nitrogen and oxygen atoms in total. The van der Waals surface area contributed by atoms with Crippen molar-refractivity contribution in [3.8, 4) is 0 Å². The average Bonchev–Trinajstić information content (AvgIpc) is 2.91. The standard InChI is InChI=1S/C14H17N3O3S/c1-21(19,20)10-11-2-4-12(5-3-11)14(18)17-7-6-13-15-8-9-16-13/h2-5,8-9H,6-7,10H2,1H3,(H,15,16)(H,17,18). The lowest BCUT2D eigenvalue weighted by Gasteiger charge is -2.05. The van der Waals surface area contributed by atoms with E-state index >= 15 is 0 Å². The number of imidazole rings is 1. The normalized spacial score (nSPS) is 11.3. The van der Waals surface area contributed by atoms with Crippen LogP contribution in [0.3, 0.4) is 0 Å². The van der Waals surface area contributed by atoms with E-state index in [0.29, 0.717) is 24.1 Å². The molecule has 0 radical (unpaired) electrons. The minimum atomic E-state index is -3.06. The Hall–Kier alpha value is -2.15. The van der Waals surface area contributed by atoms with Crippen LogP contribution in [0.1, 0.15) is 21.7 Å². The molecule has 112 valence electrons. The summed E-state index contributed by atoms with van der Waals surface area (Å²) in [6.45, 7) is 0.484. The predicted molar refractivity (Wildman–Crippen MR) is 79.6 cm³/mol. The first-order valence-corrected chi connectivity index (χ1v) is 8.53. The van der Waals surface area contributed by atoms with Crippen molar-refractivity contribution in [1.82, 2.24) is 15.3 Å². The predicted octanol–water partition coefficient (Wildman–Crippen LogP) is 0.927. The molecule has 0 bridgehead atoms. The van der Waals surface area contributed by atoms with E-state index < -0.39 is 9.84 Å². The third-order valence-electron chi connectivity index (χ3n) is 2.85. The van der Waals surface area contributed by atoms with Gasteiger partial charge in [0.25, 0.3) is 5.91 Å². The zero-order valence-electron chi connectivity index (χ0n) is 11.7. The Balaban J connectivity index is 1.87. The van der Waals surface area contributed by atoms with E-state index in [4.69, 9.17) is 0 Å². The van der Waals surface area contributed by atoms with E-state index in [1.165, 1.54) is 6.26 Å². The van der Waals surface area contributed by atoms with Crippen LogP contribution in [0.4, 0.5) is 0 Å². The molecule has 1 aromatic carbocycles. The Bertz CT molecular complexity index is 692. The lowest BCUT2D eigenvalue weighted by Crippen LogP contribution is -2.25. The monoisotopic (exact) mass is 307 g/mol. The Labute approximate surface area is 123 Å².